The highest BCUT2D eigenvalue weighted by molar-refractivity contribution is 5.98. The fraction of sp³-hybridized carbons (Fsp3) is 0.471. The number of furan rings is 1. The third-order valence-electron chi connectivity index (χ3n) is 3.32. The van der Waals surface area contributed by atoms with Crippen LogP contribution in [0, 0.1) is 6.92 Å². The van der Waals surface area contributed by atoms with Crippen LogP contribution in [-0.4, -0.2) is 5.78 Å². The van der Waals surface area contributed by atoms with Gasteiger partial charge >= 0.3 is 0 Å². The third-order valence-corrected chi connectivity index (χ3v) is 3.32. The zero-order chi connectivity index (χ0) is 14.2. The average molecular weight is 258 g/mol. The first-order valence-corrected chi connectivity index (χ1v) is 6.91. The van der Waals surface area contributed by atoms with Crippen molar-refractivity contribution >= 4 is 16.8 Å². The first-order valence-electron chi connectivity index (χ1n) is 6.91. The smallest absolute Gasteiger partial charge is 0.198 e. The van der Waals surface area contributed by atoms with Crippen molar-refractivity contribution in [1.82, 2.24) is 0 Å². The quantitative estimate of drug-likeness (QED) is 0.723. The molecule has 1 aromatic heterocycles. The van der Waals surface area contributed by atoms with Crippen LogP contribution in [0.25, 0.3) is 11.0 Å². The molecule has 0 saturated heterocycles. The molecule has 0 spiro atoms. The molecule has 0 aliphatic rings. The lowest BCUT2D eigenvalue weighted by Gasteiger charge is -2.19. The molecule has 2 heteroatoms. The molecule has 0 atom stereocenters. The van der Waals surface area contributed by atoms with Crippen molar-refractivity contribution in [3.05, 3.63) is 35.1 Å². The summed E-state index contributed by atoms with van der Waals surface area (Å²) in [6.45, 7) is 10.6. The molecule has 0 aliphatic heterocycles. The maximum Gasteiger partial charge on any atom is 0.198 e. The van der Waals surface area contributed by atoms with Crippen LogP contribution in [0.2, 0.25) is 0 Å². The molecule has 0 amide bonds. The molecule has 0 saturated carbocycles. The van der Waals surface area contributed by atoms with Crippen LogP contribution >= 0.6 is 0 Å². The van der Waals surface area contributed by atoms with Crippen LogP contribution in [0.3, 0.4) is 0 Å². The highest BCUT2D eigenvalue weighted by Gasteiger charge is 2.21. The van der Waals surface area contributed by atoms with Crippen molar-refractivity contribution in [2.45, 2.75) is 52.9 Å². The molecule has 0 bridgehead atoms. The summed E-state index contributed by atoms with van der Waals surface area (Å²) >= 11 is 0. The second-order valence-electron chi connectivity index (χ2n) is 6.26. The van der Waals surface area contributed by atoms with Gasteiger partial charge in [0.1, 0.15) is 5.58 Å². The first kappa shape index (κ1) is 13.9. The molecule has 2 nitrogen and oxygen atoms in total. The van der Waals surface area contributed by atoms with Gasteiger partial charge in [0.15, 0.2) is 11.5 Å². The number of hydrogen-bond donors (Lipinski definition) is 0. The van der Waals surface area contributed by atoms with Crippen LogP contribution in [0.15, 0.2) is 22.6 Å². The number of ketones is 1. The summed E-state index contributed by atoms with van der Waals surface area (Å²) in [5.74, 6) is 0.587. The van der Waals surface area contributed by atoms with Crippen molar-refractivity contribution in [2.24, 2.45) is 0 Å². The summed E-state index contributed by atoms with van der Waals surface area (Å²) in [6, 6.07) is 6.12. The number of fused-ring (bicyclic) bond motifs is 1. The number of Topliss-reactive ketones (excluding diaryl/α,β-unsaturated/α-hetero) is 1. The van der Waals surface area contributed by atoms with Gasteiger partial charge in [0.25, 0.3) is 0 Å². The number of benzene rings is 1. The Hall–Kier alpha value is -1.57. The van der Waals surface area contributed by atoms with Crippen LogP contribution in [-0.2, 0) is 5.41 Å². The molecule has 2 rings (SSSR count). The molecule has 19 heavy (non-hydrogen) atoms. The van der Waals surface area contributed by atoms with Gasteiger partial charge in [0.2, 0.25) is 0 Å². The fourth-order valence-corrected chi connectivity index (χ4v) is 2.35. The second-order valence-corrected chi connectivity index (χ2v) is 6.26. The minimum Gasteiger partial charge on any atom is -0.453 e. The number of carbonyl (C=O) groups is 1. The zero-order valence-electron chi connectivity index (χ0n) is 12.5. The van der Waals surface area contributed by atoms with E-state index in [1.807, 2.05) is 13.0 Å². The predicted molar refractivity (Wildman–Crippen MR) is 78.9 cm³/mol. The Labute approximate surface area is 114 Å². The van der Waals surface area contributed by atoms with E-state index in [1.165, 1.54) is 5.56 Å². The Morgan fingerprint density at radius 2 is 1.89 bits per heavy atom. The fourth-order valence-electron chi connectivity index (χ4n) is 2.35. The van der Waals surface area contributed by atoms with Crippen LogP contribution < -0.4 is 0 Å². The molecule has 1 aromatic carbocycles. The minimum absolute atomic E-state index is 0.00714. The van der Waals surface area contributed by atoms with E-state index in [1.54, 1.807) is 0 Å². The molecule has 0 unspecified atom stereocenters. The van der Waals surface area contributed by atoms with Gasteiger partial charge in [-0.25, -0.2) is 0 Å². The van der Waals surface area contributed by atoms with Crippen molar-refractivity contribution < 1.29 is 9.21 Å². The van der Waals surface area contributed by atoms with Gasteiger partial charge in [-0.3, -0.25) is 4.79 Å². The van der Waals surface area contributed by atoms with Crippen molar-refractivity contribution in [3.8, 4) is 0 Å². The van der Waals surface area contributed by atoms with E-state index < -0.39 is 0 Å². The van der Waals surface area contributed by atoms with Crippen molar-refractivity contribution in [1.29, 1.82) is 0 Å². The summed E-state index contributed by atoms with van der Waals surface area (Å²) in [5, 5.41) is 1.03. The lowest BCUT2D eigenvalue weighted by molar-refractivity contribution is 0.0957. The van der Waals surface area contributed by atoms with Gasteiger partial charge in [0, 0.05) is 17.4 Å². The van der Waals surface area contributed by atoms with Crippen LogP contribution in [0.1, 0.15) is 62.2 Å². The van der Waals surface area contributed by atoms with E-state index in [9.17, 15) is 4.79 Å². The monoisotopic (exact) mass is 258 g/mol. The standard InChI is InChI=1S/C17H22O2/c1-6-7-14(18)15-10-12-8-11(2)9-13(16(12)19-15)17(3,4)5/h8-10H,6-7H2,1-5H3. The van der Waals surface area contributed by atoms with Gasteiger partial charge in [0.05, 0.1) is 0 Å². The van der Waals surface area contributed by atoms with Gasteiger partial charge in [-0.2, -0.15) is 0 Å². The van der Waals surface area contributed by atoms with E-state index >= 15 is 0 Å². The lowest BCUT2D eigenvalue weighted by atomic mass is 9.85. The third kappa shape index (κ3) is 2.73. The minimum atomic E-state index is 0.00714. The van der Waals surface area contributed by atoms with E-state index in [0.717, 1.165) is 23.0 Å². The SMILES string of the molecule is CCCC(=O)c1cc2cc(C)cc(C(C)(C)C)c2o1. The zero-order valence-corrected chi connectivity index (χ0v) is 12.5. The topological polar surface area (TPSA) is 30.2 Å². The van der Waals surface area contributed by atoms with Crippen LogP contribution in [0.5, 0.6) is 0 Å². The summed E-state index contributed by atoms with van der Waals surface area (Å²) in [7, 11) is 0. The van der Waals surface area contributed by atoms with Gasteiger partial charge in [-0.1, -0.05) is 33.8 Å². The summed E-state index contributed by atoms with van der Waals surface area (Å²) < 4.78 is 5.85. The second kappa shape index (κ2) is 4.84. The van der Waals surface area contributed by atoms with Crippen molar-refractivity contribution in [3.63, 3.8) is 0 Å². The molecule has 2 aromatic rings. The number of carbonyl (C=O) groups excluding carboxylic acids is 1. The highest BCUT2D eigenvalue weighted by atomic mass is 16.3. The Bertz CT molecular complexity index is 612. The largest absolute Gasteiger partial charge is 0.453 e. The summed E-state index contributed by atoms with van der Waals surface area (Å²) in [4.78, 5) is 12.0. The Morgan fingerprint density at radius 1 is 1.21 bits per heavy atom. The highest BCUT2D eigenvalue weighted by Crippen LogP contribution is 2.33. The van der Waals surface area contributed by atoms with Crippen molar-refractivity contribution in [2.75, 3.05) is 0 Å². The average Bonchev–Trinajstić information content (AvgIpc) is 2.70. The Morgan fingerprint density at radius 3 is 2.47 bits per heavy atom. The van der Waals surface area contributed by atoms with Gasteiger partial charge in [-0.15, -0.1) is 0 Å². The molecule has 0 N–H and O–H groups in total. The lowest BCUT2D eigenvalue weighted by Crippen LogP contribution is -2.11. The van der Waals surface area contributed by atoms with Crippen LogP contribution in [0.4, 0.5) is 0 Å². The summed E-state index contributed by atoms with van der Waals surface area (Å²) in [5.41, 5.74) is 3.23. The predicted octanol–water partition coefficient (Wildman–Crippen LogP) is 5.02. The van der Waals surface area contributed by atoms with E-state index in [-0.39, 0.29) is 11.2 Å². The first-order chi connectivity index (χ1) is 8.82. The molecule has 0 aliphatic carbocycles. The Kier molecular flexibility index (Phi) is 3.53. The molecular weight excluding hydrogens is 236 g/mol. The molecule has 0 fully saturated rings. The number of hydrogen-bond acceptors (Lipinski definition) is 2. The molecule has 102 valence electrons. The van der Waals surface area contributed by atoms with E-state index in [0.29, 0.717) is 12.2 Å². The Balaban J connectivity index is 2.62. The van der Waals surface area contributed by atoms with Gasteiger partial charge in [-0.05, 0) is 36.5 Å². The number of rotatable bonds is 3. The van der Waals surface area contributed by atoms with E-state index in [4.69, 9.17) is 4.42 Å². The van der Waals surface area contributed by atoms with E-state index in [2.05, 4.69) is 39.8 Å². The molecule has 0 radical (unpaired) electrons. The molecule has 1 heterocycles. The normalized spacial score (nSPS) is 12.1. The summed E-state index contributed by atoms with van der Waals surface area (Å²) in [6.07, 6.45) is 1.39. The van der Waals surface area contributed by atoms with Gasteiger partial charge < -0.3 is 4.42 Å². The number of aryl methyl sites for hydroxylation is 1. The maximum absolute atomic E-state index is 12.0. The maximum atomic E-state index is 12.0. The molecular formula is C17H22O2.